The fourth-order valence-electron chi connectivity index (χ4n) is 2.86. The molecule has 2 aromatic carbocycles. The summed E-state index contributed by atoms with van der Waals surface area (Å²) in [5.41, 5.74) is 4.49. The molecule has 0 aliphatic rings. The number of hydrogen-bond acceptors (Lipinski definition) is 3. The summed E-state index contributed by atoms with van der Waals surface area (Å²) in [6.07, 6.45) is -0.00193. The van der Waals surface area contributed by atoms with E-state index in [9.17, 15) is 14.9 Å². The van der Waals surface area contributed by atoms with Crippen molar-refractivity contribution in [2.45, 2.75) is 13.3 Å². The van der Waals surface area contributed by atoms with Gasteiger partial charge in [-0.15, -0.1) is 0 Å². The number of nitrogens with one attached hydrogen (secondary N) is 1. The van der Waals surface area contributed by atoms with Crippen LogP contribution >= 0.6 is 0 Å². The number of hydrogen-bond donors (Lipinski definition) is 2. The van der Waals surface area contributed by atoms with Crippen molar-refractivity contribution < 1.29 is 9.90 Å². The lowest BCUT2D eigenvalue weighted by Gasteiger charge is -2.08. The molecule has 0 unspecified atom stereocenters. The zero-order valence-corrected chi connectivity index (χ0v) is 14.1. The standard InChI is InChI=1S/C21H16N2O3/c1-13-10-18(19(12-22)21(26)23-13)17-8-6-16(7-9-17)15-4-2-14(3-5-15)11-20(24)25/h2-10H,11H2,1H3,(H,23,26)(H,24,25). The first kappa shape index (κ1) is 17.2. The molecule has 0 spiro atoms. The molecule has 26 heavy (non-hydrogen) atoms. The van der Waals surface area contributed by atoms with Gasteiger partial charge in [-0.2, -0.15) is 5.26 Å². The van der Waals surface area contributed by atoms with Gasteiger partial charge in [-0.05, 0) is 35.2 Å². The number of aliphatic carboxylic acids is 1. The Morgan fingerprint density at radius 2 is 1.58 bits per heavy atom. The van der Waals surface area contributed by atoms with E-state index in [0.717, 1.165) is 22.3 Å². The Labute approximate surface area is 150 Å². The largest absolute Gasteiger partial charge is 0.481 e. The highest BCUT2D eigenvalue weighted by Crippen LogP contribution is 2.26. The molecule has 0 saturated carbocycles. The van der Waals surface area contributed by atoms with Crippen molar-refractivity contribution in [2.24, 2.45) is 0 Å². The Hall–Kier alpha value is -3.65. The first-order valence-corrected chi connectivity index (χ1v) is 8.03. The van der Waals surface area contributed by atoms with Gasteiger partial charge < -0.3 is 10.1 Å². The van der Waals surface area contributed by atoms with Gasteiger partial charge in [0, 0.05) is 11.3 Å². The van der Waals surface area contributed by atoms with Gasteiger partial charge in [0.05, 0.1) is 6.42 Å². The Morgan fingerprint density at radius 3 is 2.12 bits per heavy atom. The SMILES string of the molecule is Cc1cc(-c2ccc(-c3ccc(CC(=O)O)cc3)cc2)c(C#N)c(=O)[nH]1. The average molecular weight is 344 g/mol. The van der Waals surface area contributed by atoms with Gasteiger partial charge in [0.15, 0.2) is 0 Å². The van der Waals surface area contributed by atoms with Crippen LogP contribution in [0.4, 0.5) is 0 Å². The number of pyridine rings is 1. The van der Waals surface area contributed by atoms with Crippen molar-refractivity contribution in [1.82, 2.24) is 4.98 Å². The smallest absolute Gasteiger partial charge is 0.307 e. The lowest BCUT2D eigenvalue weighted by atomic mass is 9.97. The van der Waals surface area contributed by atoms with Crippen molar-refractivity contribution in [3.8, 4) is 28.3 Å². The van der Waals surface area contributed by atoms with Gasteiger partial charge in [-0.25, -0.2) is 0 Å². The molecule has 1 heterocycles. The summed E-state index contributed by atoms with van der Waals surface area (Å²) < 4.78 is 0. The molecule has 0 saturated heterocycles. The fraction of sp³-hybridized carbons (Fsp3) is 0.0952. The maximum atomic E-state index is 11.9. The molecule has 2 N–H and O–H groups in total. The minimum atomic E-state index is -0.858. The zero-order chi connectivity index (χ0) is 18.7. The number of aromatic amines is 1. The number of aryl methyl sites for hydroxylation is 1. The number of rotatable bonds is 4. The minimum Gasteiger partial charge on any atom is -0.481 e. The Balaban J connectivity index is 1.94. The van der Waals surface area contributed by atoms with Gasteiger partial charge in [0.2, 0.25) is 0 Å². The third kappa shape index (κ3) is 3.55. The lowest BCUT2D eigenvalue weighted by Crippen LogP contribution is -2.12. The van der Waals surface area contributed by atoms with E-state index in [1.54, 1.807) is 25.1 Å². The Morgan fingerprint density at radius 1 is 1.04 bits per heavy atom. The third-order valence-electron chi connectivity index (χ3n) is 4.12. The zero-order valence-electron chi connectivity index (χ0n) is 14.1. The van der Waals surface area contributed by atoms with Crippen LogP contribution in [0.3, 0.4) is 0 Å². The quantitative estimate of drug-likeness (QED) is 0.757. The van der Waals surface area contributed by atoms with Gasteiger partial charge >= 0.3 is 5.97 Å². The number of aromatic nitrogens is 1. The van der Waals surface area contributed by atoms with E-state index in [2.05, 4.69) is 4.98 Å². The molecule has 0 radical (unpaired) electrons. The maximum absolute atomic E-state index is 11.9. The molecule has 0 atom stereocenters. The van der Waals surface area contributed by atoms with E-state index in [1.807, 2.05) is 42.5 Å². The van der Waals surface area contributed by atoms with E-state index in [0.29, 0.717) is 11.3 Å². The number of carboxylic acid groups (broad SMARTS) is 1. The van der Waals surface area contributed by atoms with Crippen LogP contribution in [-0.2, 0) is 11.2 Å². The lowest BCUT2D eigenvalue weighted by molar-refractivity contribution is -0.136. The summed E-state index contributed by atoms with van der Waals surface area (Å²) in [6, 6.07) is 18.7. The summed E-state index contributed by atoms with van der Waals surface area (Å²) >= 11 is 0. The number of carboxylic acids is 1. The molecule has 3 rings (SSSR count). The fourth-order valence-corrected chi connectivity index (χ4v) is 2.86. The van der Waals surface area contributed by atoms with Gasteiger partial charge in [-0.1, -0.05) is 48.5 Å². The molecule has 1 aromatic heterocycles. The molecule has 0 fully saturated rings. The van der Waals surface area contributed by atoms with Gasteiger partial charge in [0.1, 0.15) is 11.6 Å². The van der Waals surface area contributed by atoms with Crippen LogP contribution in [0.1, 0.15) is 16.8 Å². The topological polar surface area (TPSA) is 93.9 Å². The monoisotopic (exact) mass is 344 g/mol. The predicted molar refractivity (Wildman–Crippen MR) is 98.7 cm³/mol. The van der Waals surface area contributed by atoms with Crippen molar-refractivity contribution in [3.05, 3.63) is 81.8 Å². The second-order valence-corrected chi connectivity index (χ2v) is 6.03. The highest BCUT2D eigenvalue weighted by atomic mass is 16.4. The van der Waals surface area contributed by atoms with Crippen LogP contribution < -0.4 is 5.56 Å². The number of H-pyrrole nitrogens is 1. The third-order valence-corrected chi connectivity index (χ3v) is 4.12. The summed E-state index contributed by atoms with van der Waals surface area (Å²) in [5, 5.41) is 18.1. The molecule has 0 aliphatic heterocycles. The molecule has 128 valence electrons. The van der Waals surface area contributed by atoms with E-state index in [4.69, 9.17) is 5.11 Å². The summed E-state index contributed by atoms with van der Waals surface area (Å²) in [4.78, 5) is 25.3. The summed E-state index contributed by atoms with van der Waals surface area (Å²) in [6.45, 7) is 1.78. The molecule has 0 bridgehead atoms. The first-order valence-electron chi connectivity index (χ1n) is 8.03. The maximum Gasteiger partial charge on any atom is 0.307 e. The highest BCUT2D eigenvalue weighted by Gasteiger charge is 2.10. The van der Waals surface area contributed by atoms with Crippen LogP contribution in [0.15, 0.2) is 59.4 Å². The predicted octanol–water partition coefficient (Wildman–Crippen LogP) is 3.52. The van der Waals surface area contributed by atoms with Crippen LogP contribution in [0.2, 0.25) is 0 Å². The second kappa shape index (κ2) is 7.08. The second-order valence-electron chi connectivity index (χ2n) is 6.03. The normalized spacial score (nSPS) is 10.3. The summed E-state index contributed by atoms with van der Waals surface area (Å²) in [7, 11) is 0. The number of nitriles is 1. The molecule has 5 heteroatoms. The van der Waals surface area contributed by atoms with Gasteiger partial charge in [-0.3, -0.25) is 9.59 Å². The first-order chi connectivity index (χ1) is 12.5. The molecule has 5 nitrogen and oxygen atoms in total. The van der Waals surface area contributed by atoms with Crippen molar-refractivity contribution >= 4 is 5.97 Å². The summed E-state index contributed by atoms with van der Waals surface area (Å²) in [5.74, 6) is -0.858. The van der Waals surface area contributed by atoms with Crippen molar-refractivity contribution in [2.75, 3.05) is 0 Å². The highest BCUT2D eigenvalue weighted by molar-refractivity contribution is 5.74. The van der Waals surface area contributed by atoms with E-state index in [1.165, 1.54) is 0 Å². The molecular weight excluding hydrogens is 328 g/mol. The van der Waals surface area contributed by atoms with Crippen LogP contribution in [0.25, 0.3) is 22.3 Å². The van der Waals surface area contributed by atoms with Crippen LogP contribution in [-0.4, -0.2) is 16.1 Å². The van der Waals surface area contributed by atoms with E-state index in [-0.39, 0.29) is 17.5 Å². The Kier molecular flexibility index (Phi) is 4.68. The minimum absolute atomic E-state index is 0.00193. The molecule has 0 aliphatic carbocycles. The Bertz CT molecular complexity index is 1060. The number of nitrogens with zero attached hydrogens (tertiary/aromatic N) is 1. The van der Waals surface area contributed by atoms with E-state index >= 15 is 0 Å². The van der Waals surface area contributed by atoms with Crippen LogP contribution in [0.5, 0.6) is 0 Å². The molecule has 0 amide bonds. The number of benzene rings is 2. The van der Waals surface area contributed by atoms with Crippen molar-refractivity contribution in [3.63, 3.8) is 0 Å². The average Bonchev–Trinajstić information content (AvgIpc) is 2.61. The van der Waals surface area contributed by atoms with Crippen LogP contribution in [0, 0.1) is 18.3 Å². The molecule has 3 aromatic rings. The van der Waals surface area contributed by atoms with Crippen molar-refractivity contribution in [1.29, 1.82) is 5.26 Å². The molecular formula is C21H16N2O3. The van der Waals surface area contributed by atoms with Gasteiger partial charge in [0.25, 0.3) is 5.56 Å². The van der Waals surface area contributed by atoms with E-state index < -0.39 is 5.97 Å². The number of carbonyl (C=O) groups is 1.